The third kappa shape index (κ3) is 4.76. The van der Waals surface area contributed by atoms with Crippen molar-refractivity contribution in [2.24, 2.45) is 0 Å². The molecule has 0 aliphatic carbocycles. The van der Waals surface area contributed by atoms with Gasteiger partial charge in [-0.05, 0) is 61.5 Å². The van der Waals surface area contributed by atoms with Crippen LogP contribution >= 0.6 is 11.6 Å². The van der Waals surface area contributed by atoms with Gasteiger partial charge in [-0.2, -0.15) is 0 Å². The Kier molecular flexibility index (Phi) is 7.69. The Balaban J connectivity index is 2.05. The molecule has 28 heavy (non-hydrogen) atoms. The predicted octanol–water partition coefficient (Wildman–Crippen LogP) is 5.35. The second-order valence-corrected chi connectivity index (χ2v) is 7.19. The van der Waals surface area contributed by atoms with Gasteiger partial charge in [0.05, 0.1) is 5.02 Å². The van der Waals surface area contributed by atoms with E-state index in [0.29, 0.717) is 56.3 Å². The number of phenols is 2. The SMILES string of the molecule is C=C/C(F)=C\C(=C/C)CCCC(=O)N1CCc2c(CC)c(O)c(O)c(Cl)c2C1. The zero-order valence-electron chi connectivity index (χ0n) is 16.4. The predicted molar refractivity (Wildman–Crippen MR) is 110 cm³/mol. The summed E-state index contributed by atoms with van der Waals surface area (Å²) in [5, 5.41) is 20.3. The standard InChI is InChI=1S/C22H27ClFNO3/c1-4-14(12-15(24)5-2)8-7-9-19(26)25-11-10-17-16(6-3)21(27)22(28)20(23)18(17)13-25/h4-5,12,27-28H,2,6-11,13H2,1,3H3/b14-4-,15-12+. The molecule has 1 aliphatic heterocycles. The van der Waals surface area contributed by atoms with E-state index in [1.807, 2.05) is 19.9 Å². The number of nitrogens with zero attached hydrogens (tertiary/aromatic N) is 1. The maximum Gasteiger partial charge on any atom is 0.222 e. The van der Waals surface area contributed by atoms with Gasteiger partial charge in [0.1, 0.15) is 5.83 Å². The number of aromatic hydroxyl groups is 2. The average molecular weight is 408 g/mol. The maximum atomic E-state index is 13.3. The minimum Gasteiger partial charge on any atom is -0.504 e. The lowest BCUT2D eigenvalue weighted by molar-refractivity contribution is -0.132. The Labute approximate surface area is 170 Å². The van der Waals surface area contributed by atoms with Crippen molar-refractivity contribution < 1.29 is 19.4 Å². The van der Waals surface area contributed by atoms with Gasteiger partial charge in [0.2, 0.25) is 5.91 Å². The summed E-state index contributed by atoms with van der Waals surface area (Å²) in [5.74, 6) is -0.877. The summed E-state index contributed by atoms with van der Waals surface area (Å²) in [6.07, 6.45) is 7.13. The zero-order valence-corrected chi connectivity index (χ0v) is 17.2. The molecule has 1 aromatic carbocycles. The van der Waals surface area contributed by atoms with Crippen LogP contribution in [0.25, 0.3) is 0 Å². The Morgan fingerprint density at radius 1 is 1.29 bits per heavy atom. The molecule has 0 fully saturated rings. The minimum atomic E-state index is -0.392. The number of allylic oxidation sites excluding steroid dienone is 5. The van der Waals surface area contributed by atoms with Crippen LogP contribution in [-0.2, 0) is 24.2 Å². The van der Waals surface area contributed by atoms with Gasteiger partial charge >= 0.3 is 0 Å². The fraction of sp³-hybridized carbons (Fsp3) is 0.409. The molecule has 0 aromatic heterocycles. The molecule has 1 aromatic rings. The lowest BCUT2D eigenvalue weighted by Gasteiger charge is -2.31. The number of halogens is 2. The van der Waals surface area contributed by atoms with Crippen molar-refractivity contribution in [3.05, 3.63) is 57.9 Å². The third-order valence-corrected chi connectivity index (χ3v) is 5.55. The summed E-state index contributed by atoms with van der Waals surface area (Å²) in [6, 6.07) is 0. The van der Waals surface area contributed by atoms with Crippen LogP contribution in [0.5, 0.6) is 11.5 Å². The molecule has 1 amide bonds. The number of carbonyl (C=O) groups is 1. The Hall–Kier alpha value is -2.27. The maximum absolute atomic E-state index is 13.3. The molecule has 0 saturated heterocycles. The molecule has 0 bridgehead atoms. The third-order valence-electron chi connectivity index (χ3n) is 5.14. The first-order valence-electron chi connectivity index (χ1n) is 9.50. The van der Waals surface area contributed by atoms with Gasteiger partial charge in [0.25, 0.3) is 0 Å². The number of carbonyl (C=O) groups excluding carboxylic acids is 1. The van der Waals surface area contributed by atoms with Gasteiger partial charge in [0.15, 0.2) is 11.5 Å². The number of hydrogen-bond donors (Lipinski definition) is 2. The number of phenolic OH excluding ortho intramolecular Hbond substituents is 2. The van der Waals surface area contributed by atoms with Gasteiger partial charge in [-0.1, -0.05) is 31.2 Å². The van der Waals surface area contributed by atoms with Crippen molar-refractivity contribution in [2.45, 2.75) is 52.5 Å². The number of benzene rings is 1. The van der Waals surface area contributed by atoms with Crippen LogP contribution in [0, 0.1) is 0 Å². The number of amides is 1. The largest absolute Gasteiger partial charge is 0.504 e. The molecule has 0 atom stereocenters. The highest BCUT2D eigenvalue weighted by atomic mass is 35.5. The first-order chi connectivity index (χ1) is 13.3. The summed E-state index contributed by atoms with van der Waals surface area (Å²) in [7, 11) is 0. The summed E-state index contributed by atoms with van der Waals surface area (Å²) < 4.78 is 13.3. The molecular formula is C22H27ClFNO3. The Bertz CT molecular complexity index is 830. The molecule has 2 N–H and O–H groups in total. The molecule has 1 heterocycles. The highest BCUT2D eigenvalue weighted by molar-refractivity contribution is 6.33. The molecule has 0 unspecified atom stereocenters. The Morgan fingerprint density at radius 2 is 2.00 bits per heavy atom. The van der Waals surface area contributed by atoms with Gasteiger partial charge in [0, 0.05) is 25.1 Å². The Morgan fingerprint density at radius 3 is 2.61 bits per heavy atom. The van der Waals surface area contributed by atoms with Crippen LogP contribution in [0.4, 0.5) is 4.39 Å². The molecule has 6 heteroatoms. The molecular weight excluding hydrogens is 381 g/mol. The number of fused-ring (bicyclic) bond motifs is 1. The van der Waals surface area contributed by atoms with Gasteiger partial charge < -0.3 is 15.1 Å². The fourth-order valence-electron chi connectivity index (χ4n) is 3.56. The lowest BCUT2D eigenvalue weighted by Crippen LogP contribution is -2.36. The number of rotatable bonds is 7. The van der Waals surface area contributed by atoms with Crippen LogP contribution in [0.2, 0.25) is 5.02 Å². The van der Waals surface area contributed by atoms with E-state index in [2.05, 4.69) is 6.58 Å². The molecule has 0 radical (unpaired) electrons. The molecule has 2 rings (SSSR count). The van der Waals surface area contributed by atoms with Crippen molar-refractivity contribution in [3.63, 3.8) is 0 Å². The molecule has 0 spiro atoms. The van der Waals surface area contributed by atoms with Crippen molar-refractivity contribution >= 4 is 17.5 Å². The minimum absolute atomic E-state index is 0.00375. The van der Waals surface area contributed by atoms with Crippen LogP contribution < -0.4 is 0 Å². The van der Waals surface area contributed by atoms with E-state index in [0.717, 1.165) is 17.2 Å². The van der Waals surface area contributed by atoms with Crippen LogP contribution in [0.3, 0.4) is 0 Å². The lowest BCUT2D eigenvalue weighted by atomic mass is 9.91. The van der Waals surface area contributed by atoms with E-state index in [1.54, 1.807) is 4.90 Å². The number of hydrogen-bond acceptors (Lipinski definition) is 3. The monoisotopic (exact) mass is 407 g/mol. The van der Waals surface area contributed by atoms with Crippen molar-refractivity contribution in [2.75, 3.05) is 6.54 Å². The van der Waals surface area contributed by atoms with Crippen LogP contribution in [-0.4, -0.2) is 27.6 Å². The summed E-state index contributed by atoms with van der Waals surface area (Å²) in [5.41, 5.74) is 3.15. The molecule has 0 saturated carbocycles. The van der Waals surface area contributed by atoms with Crippen molar-refractivity contribution in [1.29, 1.82) is 0 Å². The second-order valence-electron chi connectivity index (χ2n) is 6.82. The van der Waals surface area contributed by atoms with E-state index in [-0.39, 0.29) is 22.4 Å². The van der Waals surface area contributed by atoms with E-state index in [9.17, 15) is 19.4 Å². The fourth-order valence-corrected chi connectivity index (χ4v) is 3.83. The molecule has 4 nitrogen and oxygen atoms in total. The smallest absolute Gasteiger partial charge is 0.222 e. The zero-order chi connectivity index (χ0) is 20.8. The topological polar surface area (TPSA) is 60.8 Å². The second kappa shape index (κ2) is 9.78. The van der Waals surface area contributed by atoms with Crippen molar-refractivity contribution in [3.8, 4) is 11.5 Å². The van der Waals surface area contributed by atoms with E-state index < -0.39 is 5.83 Å². The first-order valence-corrected chi connectivity index (χ1v) is 9.88. The molecule has 1 aliphatic rings. The van der Waals surface area contributed by atoms with E-state index in [4.69, 9.17) is 11.6 Å². The molecule has 152 valence electrons. The van der Waals surface area contributed by atoms with Crippen LogP contribution in [0.1, 0.15) is 49.8 Å². The average Bonchev–Trinajstić information content (AvgIpc) is 2.71. The van der Waals surface area contributed by atoms with Gasteiger partial charge in [-0.15, -0.1) is 0 Å². The van der Waals surface area contributed by atoms with Crippen LogP contribution in [0.15, 0.2) is 36.2 Å². The van der Waals surface area contributed by atoms with Gasteiger partial charge in [-0.3, -0.25) is 4.79 Å². The van der Waals surface area contributed by atoms with E-state index >= 15 is 0 Å². The quantitative estimate of drug-likeness (QED) is 0.472. The summed E-state index contributed by atoms with van der Waals surface area (Å²) in [6.45, 7) is 7.99. The van der Waals surface area contributed by atoms with E-state index in [1.165, 1.54) is 6.08 Å². The summed E-state index contributed by atoms with van der Waals surface area (Å²) in [4.78, 5) is 14.3. The van der Waals surface area contributed by atoms with Gasteiger partial charge in [-0.25, -0.2) is 4.39 Å². The van der Waals surface area contributed by atoms with Crippen molar-refractivity contribution in [1.82, 2.24) is 4.90 Å². The first kappa shape index (κ1) is 22.0. The normalized spacial score (nSPS) is 14.8. The highest BCUT2D eigenvalue weighted by Gasteiger charge is 2.28. The highest BCUT2D eigenvalue weighted by Crippen LogP contribution is 2.44. The summed E-state index contributed by atoms with van der Waals surface area (Å²) >= 11 is 6.24.